The fourth-order valence-corrected chi connectivity index (χ4v) is 3.03. The van der Waals surface area contributed by atoms with Crippen LogP contribution in [-0.2, 0) is 4.74 Å². The van der Waals surface area contributed by atoms with E-state index < -0.39 is 31.1 Å². The molecule has 0 saturated carbocycles. The molecule has 142 valence electrons. The van der Waals surface area contributed by atoms with E-state index in [1.54, 1.807) is 0 Å². The Hall–Kier alpha value is -2.79. The molecular weight excluding hydrogens is 354 g/mol. The van der Waals surface area contributed by atoms with Gasteiger partial charge in [0.25, 0.3) is 0 Å². The predicted molar refractivity (Wildman–Crippen MR) is 94.6 cm³/mol. The molecule has 0 unspecified atom stereocenters. The van der Waals surface area contributed by atoms with Crippen molar-refractivity contribution in [3.05, 3.63) is 36.7 Å². The standard InChI is InChI=1S/C17H19N5O5/c1-26-17-20-14(19-9-5-3-2-4-6-9)11-15(21-17)22(8-18-11)16-13(25)12(24)10(7-23)27-16/h2-6,8,10,12-13,16,23-25H,7H2,1H3,(H,19,20,21)/t10-,12-,13-,16-/m1/s1. The van der Waals surface area contributed by atoms with E-state index in [4.69, 9.17) is 9.47 Å². The number of fused-ring (bicyclic) bond motifs is 1. The summed E-state index contributed by atoms with van der Waals surface area (Å²) in [6.07, 6.45) is -2.87. The van der Waals surface area contributed by atoms with Crippen molar-refractivity contribution < 1.29 is 24.8 Å². The molecule has 1 fully saturated rings. The van der Waals surface area contributed by atoms with E-state index >= 15 is 0 Å². The third kappa shape index (κ3) is 3.08. The maximum absolute atomic E-state index is 10.3. The lowest BCUT2D eigenvalue weighted by Gasteiger charge is -2.17. The van der Waals surface area contributed by atoms with Gasteiger partial charge in [0.15, 0.2) is 23.2 Å². The highest BCUT2D eigenvalue weighted by Gasteiger charge is 2.44. The van der Waals surface area contributed by atoms with Crippen molar-refractivity contribution in [3.8, 4) is 6.01 Å². The first kappa shape index (κ1) is 17.6. The monoisotopic (exact) mass is 373 g/mol. The van der Waals surface area contributed by atoms with Crippen molar-refractivity contribution in [3.63, 3.8) is 0 Å². The second kappa shape index (κ2) is 7.08. The molecule has 2 aromatic heterocycles. The average Bonchev–Trinajstić information content (AvgIpc) is 3.24. The van der Waals surface area contributed by atoms with Crippen molar-refractivity contribution in [2.45, 2.75) is 24.5 Å². The van der Waals surface area contributed by atoms with Gasteiger partial charge in [-0.3, -0.25) is 4.57 Å². The molecule has 0 amide bonds. The lowest BCUT2D eigenvalue weighted by molar-refractivity contribution is -0.0511. The fraction of sp³-hybridized carbons (Fsp3) is 0.353. The zero-order valence-electron chi connectivity index (χ0n) is 14.4. The van der Waals surface area contributed by atoms with Crippen LogP contribution < -0.4 is 10.1 Å². The van der Waals surface area contributed by atoms with Gasteiger partial charge < -0.3 is 30.1 Å². The molecule has 0 spiro atoms. The Morgan fingerprint density at radius 2 is 1.96 bits per heavy atom. The highest BCUT2D eigenvalue weighted by molar-refractivity contribution is 5.85. The highest BCUT2D eigenvalue weighted by Crippen LogP contribution is 2.33. The number of aliphatic hydroxyl groups excluding tert-OH is 3. The number of anilines is 2. The smallest absolute Gasteiger partial charge is 0.320 e. The molecule has 4 atom stereocenters. The summed E-state index contributed by atoms with van der Waals surface area (Å²) in [5.41, 5.74) is 1.61. The SMILES string of the molecule is COc1nc(Nc2ccccc2)c2ncn([C@@H]3O[C@H](CO)[C@@H](O)[C@H]3O)c2n1. The maximum atomic E-state index is 10.3. The van der Waals surface area contributed by atoms with Gasteiger partial charge in [-0.1, -0.05) is 18.2 Å². The van der Waals surface area contributed by atoms with Crippen LogP contribution >= 0.6 is 0 Å². The van der Waals surface area contributed by atoms with Gasteiger partial charge in [-0.25, -0.2) is 4.98 Å². The molecule has 1 aromatic carbocycles. The third-order valence-corrected chi connectivity index (χ3v) is 4.41. The van der Waals surface area contributed by atoms with Crippen LogP contribution in [-0.4, -0.2) is 66.9 Å². The molecule has 0 bridgehead atoms. The Labute approximate surface area is 154 Å². The summed E-state index contributed by atoms with van der Waals surface area (Å²) >= 11 is 0. The van der Waals surface area contributed by atoms with Gasteiger partial charge in [0.1, 0.15) is 18.3 Å². The number of rotatable bonds is 5. The molecule has 4 N–H and O–H groups in total. The number of hydrogen-bond acceptors (Lipinski definition) is 9. The van der Waals surface area contributed by atoms with E-state index in [0.717, 1.165) is 5.69 Å². The molecule has 1 aliphatic rings. The topological polar surface area (TPSA) is 135 Å². The Balaban J connectivity index is 1.77. The van der Waals surface area contributed by atoms with Crippen LogP contribution in [0.4, 0.5) is 11.5 Å². The lowest BCUT2D eigenvalue weighted by atomic mass is 10.1. The molecule has 1 aliphatic heterocycles. The van der Waals surface area contributed by atoms with Crippen LogP contribution in [0.5, 0.6) is 6.01 Å². The summed E-state index contributed by atoms with van der Waals surface area (Å²) in [4.78, 5) is 12.9. The minimum absolute atomic E-state index is 0.106. The largest absolute Gasteiger partial charge is 0.467 e. The number of methoxy groups -OCH3 is 1. The molecule has 10 heteroatoms. The van der Waals surface area contributed by atoms with E-state index in [-0.39, 0.29) is 6.01 Å². The molecular formula is C17H19N5O5. The Bertz CT molecular complexity index is 934. The van der Waals surface area contributed by atoms with Crippen LogP contribution in [0.25, 0.3) is 11.2 Å². The van der Waals surface area contributed by atoms with Gasteiger partial charge in [-0.15, -0.1) is 0 Å². The second-order valence-corrected chi connectivity index (χ2v) is 6.10. The van der Waals surface area contributed by atoms with Crippen LogP contribution in [0.3, 0.4) is 0 Å². The minimum Gasteiger partial charge on any atom is -0.467 e. The summed E-state index contributed by atoms with van der Waals surface area (Å²) in [5, 5.41) is 32.8. The summed E-state index contributed by atoms with van der Waals surface area (Å²) in [5.74, 6) is 0.425. The van der Waals surface area contributed by atoms with Crippen molar-refractivity contribution in [2.75, 3.05) is 19.0 Å². The Morgan fingerprint density at radius 3 is 2.63 bits per heavy atom. The van der Waals surface area contributed by atoms with Gasteiger partial charge in [-0.2, -0.15) is 9.97 Å². The van der Waals surface area contributed by atoms with Crippen LogP contribution in [0.15, 0.2) is 36.7 Å². The zero-order chi connectivity index (χ0) is 19.0. The summed E-state index contributed by atoms with van der Waals surface area (Å²) < 4.78 is 12.2. The first-order chi connectivity index (χ1) is 13.1. The molecule has 0 radical (unpaired) electrons. The number of para-hydroxylation sites is 1. The molecule has 3 aromatic rings. The number of nitrogens with zero attached hydrogens (tertiary/aromatic N) is 4. The van der Waals surface area contributed by atoms with Crippen molar-refractivity contribution in [1.82, 2.24) is 19.5 Å². The van der Waals surface area contributed by atoms with Crippen LogP contribution in [0.1, 0.15) is 6.23 Å². The zero-order valence-corrected chi connectivity index (χ0v) is 14.4. The fourth-order valence-electron chi connectivity index (χ4n) is 3.03. The van der Waals surface area contributed by atoms with E-state index in [1.807, 2.05) is 30.3 Å². The first-order valence-electron chi connectivity index (χ1n) is 8.35. The van der Waals surface area contributed by atoms with Crippen molar-refractivity contribution in [2.24, 2.45) is 0 Å². The molecule has 3 heterocycles. The highest BCUT2D eigenvalue weighted by atomic mass is 16.6. The quantitative estimate of drug-likeness (QED) is 0.494. The van der Waals surface area contributed by atoms with Crippen LogP contribution in [0, 0.1) is 0 Å². The molecule has 27 heavy (non-hydrogen) atoms. The van der Waals surface area contributed by atoms with Gasteiger partial charge in [0.05, 0.1) is 20.0 Å². The van der Waals surface area contributed by atoms with E-state index in [1.165, 1.54) is 18.0 Å². The number of imidazole rings is 1. The number of ether oxygens (including phenoxy) is 2. The lowest BCUT2D eigenvalue weighted by Crippen LogP contribution is -2.33. The van der Waals surface area contributed by atoms with Gasteiger partial charge in [-0.05, 0) is 12.1 Å². The van der Waals surface area contributed by atoms with Crippen molar-refractivity contribution in [1.29, 1.82) is 0 Å². The average molecular weight is 373 g/mol. The predicted octanol–water partition coefficient (Wildman–Crippen LogP) is 0.190. The van der Waals surface area contributed by atoms with E-state index in [0.29, 0.717) is 17.0 Å². The normalized spacial score (nSPS) is 25.0. The third-order valence-electron chi connectivity index (χ3n) is 4.41. The first-order valence-corrected chi connectivity index (χ1v) is 8.35. The summed E-state index contributed by atoms with van der Waals surface area (Å²) in [6.45, 7) is -0.416. The Morgan fingerprint density at radius 1 is 1.19 bits per heavy atom. The maximum Gasteiger partial charge on any atom is 0.320 e. The molecule has 4 rings (SSSR count). The Kier molecular flexibility index (Phi) is 4.62. The number of aliphatic hydroxyl groups is 3. The van der Waals surface area contributed by atoms with E-state index in [2.05, 4.69) is 20.3 Å². The molecule has 0 aliphatic carbocycles. The van der Waals surface area contributed by atoms with Gasteiger partial charge in [0.2, 0.25) is 0 Å². The number of benzene rings is 1. The van der Waals surface area contributed by atoms with Crippen LogP contribution in [0.2, 0.25) is 0 Å². The minimum atomic E-state index is -1.24. The molecule has 1 saturated heterocycles. The number of nitrogens with one attached hydrogen (secondary N) is 1. The second-order valence-electron chi connectivity index (χ2n) is 6.10. The van der Waals surface area contributed by atoms with Crippen molar-refractivity contribution >= 4 is 22.7 Å². The number of hydrogen-bond donors (Lipinski definition) is 4. The van der Waals surface area contributed by atoms with Gasteiger partial charge >= 0.3 is 6.01 Å². The number of aromatic nitrogens is 4. The summed E-state index contributed by atoms with van der Waals surface area (Å²) in [6, 6.07) is 9.53. The van der Waals surface area contributed by atoms with Gasteiger partial charge in [0, 0.05) is 5.69 Å². The van der Waals surface area contributed by atoms with E-state index in [9.17, 15) is 15.3 Å². The summed E-state index contributed by atoms with van der Waals surface area (Å²) in [7, 11) is 1.45. The molecule has 10 nitrogen and oxygen atoms in total.